The maximum absolute atomic E-state index is 13.0. The molecule has 7 heteroatoms. The van der Waals surface area contributed by atoms with E-state index >= 15 is 0 Å². The van der Waals surface area contributed by atoms with E-state index in [9.17, 15) is 4.79 Å². The highest BCUT2D eigenvalue weighted by Crippen LogP contribution is 2.39. The van der Waals surface area contributed by atoms with Gasteiger partial charge in [0, 0.05) is 50.5 Å². The van der Waals surface area contributed by atoms with Crippen LogP contribution in [0.4, 0.5) is 0 Å². The zero-order valence-corrected chi connectivity index (χ0v) is 22.7. The number of aryl methyl sites for hydroxylation is 2. The Hall–Kier alpha value is -2.77. The lowest BCUT2D eigenvalue weighted by Gasteiger charge is -2.45. The number of hydrogen-bond donors (Lipinski definition) is 0. The molecule has 4 heterocycles. The number of likely N-dealkylation sites (tertiary alicyclic amines) is 1. The molecule has 0 saturated carbocycles. The molecule has 2 aromatic heterocycles. The van der Waals surface area contributed by atoms with Gasteiger partial charge in [0.1, 0.15) is 12.4 Å². The van der Waals surface area contributed by atoms with Crippen molar-refractivity contribution in [1.82, 2.24) is 19.8 Å². The first kappa shape index (κ1) is 25.9. The highest BCUT2D eigenvalue weighted by Gasteiger charge is 2.37. The number of aromatic nitrogens is 2. The molecule has 2 aliphatic rings. The van der Waals surface area contributed by atoms with E-state index in [1.807, 2.05) is 30.8 Å². The molecule has 0 atom stereocenters. The Bertz CT molecular complexity index is 1160. The lowest BCUT2D eigenvalue weighted by atomic mass is 9.73. The normalized spacial score (nSPS) is 18.9. The summed E-state index contributed by atoms with van der Waals surface area (Å²) in [6, 6.07) is 12.7. The number of ether oxygens (including phenoxy) is 1. The summed E-state index contributed by atoms with van der Waals surface area (Å²) in [4.78, 5) is 26.5. The first-order valence-corrected chi connectivity index (χ1v) is 14.5. The van der Waals surface area contributed by atoms with Gasteiger partial charge in [0.2, 0.25) is 5.91 Å². The smallest absolute Gasteiger partial charge is 0.228 e. The Morgan fingerprint density at radius 2 is 1.95 bits per heavy atom. The SMILES string of the molecule is Cc1nc(CC(=O)N2CCC3(CCCCc4ccccc4OCCN(Cc4cccnc4)C3)CC2)cs1. The van der Waals surface area contributed by atoms with Gasteiger partial charge in [0.25, 0.3) is 0 Å². The summed E-state index contributed by atoms with van der Waals surface area (Å²) in [5.74, 6) is 1.24. The molecule has 0 aliphatic carbocycles. The summed E-state index contributed by atoms with van der Waals surface area (Å²) in [7, 11) is 0. The third-order valence-electron chi connectivity index (χ3n) is 7.90. The van der Waals surface area contributed by atoms with Crippen molar-refractivity contribution in [3.63, 3.8) is 0 Å². The number of pyridine rings is 1. The van der Waals surface area contributed by atoms with E-state index in [0.717, 1.165) is 74.9 Å². The van der Waals surface area contributed by atoms with E-state index in [0.29, 0.717) is 13.0 Å². The summed E-state index contributed by atoms with van der Waals surface area (Å²) in [5.41, 5.74) is 3.67. The second kappa shape index (κ2) is 12.2. The molecule has 0 bridgehead atoms. The van der Waals surface area contributed by atoms with E-state index in [1.165, 1.54) is 24.0 Å². The number of benzene rings is 1. The van der Waals surface area contributed by atoms with Crippen LogP contribution in [0.5, 0.6) is 5.75 Å². The van der Waals surface area contributed by atoms with Crippen LogP contribution in [0.3, 0.4) is 0 Å². The lowest BCUT2D eigenvalue weighted by molar-refractivity contribution is -0.133. The molecule has 1 aromatic carbocycles. The van der Waals surface area contributed by atoms with E-state index in [4.69, 9.17) is 4.74 Å². The molecular weight excluding hydrogens is 480 g/mol. The molecule has 0 unspecified atom stereocenters. The molecule has 1 spiro atoms. The number of fused-ring (bicyclic) bond motifs is 1. The van der Waals surface area contributed by atoms with Gasteiger partial charge >= 0.3 is 0 Å². The van der Waals surface area contributed by atoms with Crippen molar-refractivity contribution in [1.29, 1.82) is 0 Å². The van der Waals surface area contributed by atoms with Gasteiger partial charge in [-0.2, -0.15) is 0 Å². The Balaban J connectivity index is 1.29. The zero-order valence-electron chi connectivity index (χ0n) is 21.9. The molecule has 196 valence electrons. The summed E-state index contributed by atoms with van der Waals surface area (Å²) in [6.07, 6.45) is 10.9. The number of hydrogen-bond acceptors (Lipinski definition) is 6. The number of para-hydroxylation sites is 1. The second-order valence-electron chi connectivity index (χ2n) is 10.7. The minimum atomic E-state index is 0.213. The summed E-state index contributed by atoms with van der Waals surface area (Å²) < 4.78 is 6.30. The van der Waals surface area contributed by atoms with Crippen LogP contribution in [0.25, 0.3) is 0 Å². The van der Waals surface area contributed by atoms with Crippen molar-refractivity contribution < 1.29 is 9.53 Å². The van der Waals surface area contributed by atoms with Gasteiger partial charge in [-0.1, -0.05) is 30.7 Å². The monoisotopic (exact) mass is 518 g/mol. The molecule has 1 fully saturated rings. The van der Waals surface area contributed by atoms with Crippen LogP contribution in [-0.4, -0.2) is 58.5 Å². The molecule has 3 aromatic rings. The van der Waals surface area contributed by atoms with Crippen molar-refractivity contribution in [3.05, 3.63) is 76.0 Å². The van der Waals surface area contributed by atoms with Crippen LogP contribution < -0.4 is 4.74 Å². The third kappa shape index (κ3) is 6.96. The lowest BCUT2D eigenvalue weighted by Crippen LogP contribution is -2.48. The molecule has 0 radical (unpaired) electrons. The van der Waals surface area contributed by atoms with Gasteiger partial charge < -0.3 is 9.64 Å². The average Bonchev–Trinajstić information content (AvgIpc) is 3.32. The summed E-state index contributed by atoms with van der Waals surface area (Å²) >= 11 is 1.62. The number of nitrogens with zero attached hydrogens (tertiary/aromatic N) is 4. The fourth-order valence-corrected chi connectivity index (χ4v) is 6.48. The standard InChI is InChI=1S/C30H38N4O2S/c1-24-32-27(22-37-24)19-29(35)34-15-12-30(13-16-34)11-5-4-9-26-8-2-3-10-28(26)36-18-17-33(23-30)21-25-7-6-14-31-20-25/h2-3,6-8,10,14,20,22H,4-5,9,11-13,15-19,21,23H2,1H3. The first-order valence-electron chi connectivity index (χ1n) is 13.6. The maximum atomic E-state index is 13.0. The topological polar surface area (TPSA) is 58.6 Å². The fraction of sp³-hybridized carbons (Fsp3) is 0.500. The second-order valence-corrected chi connectivity index (χ2v) is 11.7. The molecule has 1 saturated heterocycles. The highest BCUT2D eigenvalue weighted by atomic mass is 32.1. The van der Waals surface area contributed by atoms with Crippen molar-refractivity contribution in [2.45, 2.75) is 58.4 Å². The van der Waals surface area contributed by atoms with Crippen molar-refractivity contribution in [2.24, 2.45) is 5.41 Å². The predicted octanol–water partition coefficient (Wildman–Crippen LogP) is 5.31. The average molecular weight is 519 g/mol. The van der Waals surface area contributed by atoms with Crippen LogP contribution in [0, 0.1) is 12.3 Å². The molecule has 2 aliphatic heterocycles. The summed E-state index contributed by atoms with van der Waals surface area (Å²) in [5, 5.41) is 3.04. The van der Waals surface area contributed by atoms with Gasteiger partial charge in [-0.05, 0) is 67.7 Å². The number of thiazole rings is 1. The van der Waals surface area contributed by atoms with Gasteiger partial charge in [-0.25, -0.2) is 4.98 Å². The maximum Gasteiger partial charge on any atom is 0.228 e. The van der Waals surface area contributed by atoms with Crippen LogP contribution in [0.1, 0.15) is 53.9 Å². The minimum absolute atomic E-state index is 0.213. The van der Waals surface area contributed by atoms with Gasteiger partial charge in [0.05, 0.1) is 17.1 Å². The number of rotatable bonds is 4. The van der Waals surface area contributed by atoms with Gasteiger partial charge in [-0.15, -0.1) is 11.3 Å². The molecule has 0 N–H and O–H groups in total. The van der Waals surface area contributed by atoms with Gasteiger partial charge in [0.15, 0.2) is 0 Å². The van der Waals surface area contributed by atoms with Crippen LogP contribution in [0.2, 0.25) is 0 Å². The fourth-order valence-electron chi connectivity index (χ4n) is 5.86. The van der Waals surface area contributed by atoms with Crippen molar-refractivity contribution in [2.75, 3.05) is 32.8 Å². The summed E-state index contributed by atoms with van der Waals surface area (Å²) in [6.45, 7) is 7.10. The van der Waals surface area contributed by atoms with E-state index < -0.39 is 0 Å². The van der Waals surface area contributed by atoms with Crippen LogP contribution >= 0.6 is 11.3 Å². The van der Waals surface area contributed by atoms with Gasteiger partial charge in [-0.3, -0.25) is 14.7 Å². The minimum Gasteiger partial charge on any atom is -0.492 e. The zero-order chi connectivity index (χ0) is 25.5. The number of amides is 1. The quantitative estimate of drug-likeness (QED) is 0.469. The molecule has 6 nitrogen and oxygen atoms in total. The molecule has 5 rings (SSSR count). The first-order chi connectivity index (χ1) is 18.1. The largest absolute Gasteiger partial charge is 0.492 e. The van der Waals surface area contributed by atoms with Crippen molar-refractivity contribution >= 4 is 17.2 Å². The number of carbonyl (C=O) groups is 1. The Labute approximate surface area is 224 Å². The third-order valence-corrected chi connectivity index (χ3v) is 8.73. The van der Waals surface area contributed by atoms with Crippen molar-refractivity contribution in [3.8, 4) is 5.75 Å². The number of piperidine rings is 1. The highest BCUT2D eigenvalue weighted by molar-refractivity contribution is 7.09. The number of carbonyl (C=O) groups excluding carboxylic acids is 1. The molecular formula is C30H38N4O2S. The van der Waals surface area contributed by atoms with Crippen LogP contribution in [0.15, 0.2) is 54.2 Å². The van der Waals surface area contributed by atoms with Crippen LogP contribution in [-0.2, 0) is 24.2 Å². The molecule has 37 heavy (non-hydrogen) atoms. The Morgan fingerprint density at radius 3 is 2.73 bits per heavy atom. The Morgan fingerprint density at radius 1 is 1.08 bits per heavy atom. The molecule has 1 amide bonds. The van der Waals surface area contributed by atoms with E-state index in [1.54, 1.807) is 11.3 Å². The van der Waals surface area contributed by atoms with E-state index in [-0.39, 0.29) is 11.3 Å². The van der Waals surface area contributed by atoms with E-state index in [2.05, 4.69) is 50.1 Å². The predicted molar refractivity (Wildman–Crippen MR) is 148 cm³/mol. The Kier molecular flexibility index (Phi) is 8.52.